The molecule has 0 radical (unpaired) electrons. The Morgan fingerprint density at radius 2 is 2.00 bits per heavy atom. The van der Waals surface area contributed by atoms with Crippen molar-refractivity contribution in [3.63, 3.8) is 0 Å². The Kier molecular flexibility index (Phi) is 3.95. The Hall–Kier alpha value is -1.50. The molecule has 0 saturated carbocycles. The van der Waals surface area contributed by atoms with Gasteiger partial charge in [-0.05, 0) is 23.8 Å². The van der Waals surface area contributed by atoms with Gasteiger partial charge in [-0.1, -0.05) is 28.1 Å². The fourth-order valence-corrected chi connectivity index (χ4v) is 3.26. The van der Waals surface area contributed by atoms with Gasteiger partial charge in [-0.25, -0.2) is 9.97 Å². The van der Waals surface area contributed by atoms with E-state index in [1.165, 1.54) is 0 Å². The number of anilines is 1. The summed E-state index contributed by atoms with van der Waals surface area (Å²) in [4.78, 5) is 9.69. The lowest BCUT2D eigenvalue weighted by Crippen LogP contribution is -2.06. The van der Waals surface area contributed by atoms with Crippen LogP contribution in [-0.2, 0) is 0 Å². The molecule has 6 heteroatoms. The third-order valence-electron chi connectivity index (χ3n) is 2.84. The van der Waals surface area contributed by atoms with Crippen LogP contribution in [0.25, 0.3) is 20.7 Å². The van der Waals surface area contributed by atoms with E-state index < -0.39 is 0 Å². The number of benzene rings is 1. The van der Waals surface area contributed by atoms with E-state index in [4.69, 9.17) is 5.11 Å². The standard InChI is InChI=1S/C14H12BrN3OS/c15-10-3-1-9(2-4-10)12-7-11-13(20-12)14(16-5-6-19)18-8-17-11/h1-4,7-8,19H,5-6H2,(H,16,17,18). The minimum absolute atomic E-state index is 0.0798. The van der Waals surface area contributed by atoms with Gasteiger partial charge in [-0.2, -0.15) is 0 Å². The van der Waals surface area contributed by atoms with E-state index in [1.54, 1.807) is 17.7 Å². The summed E-state index contributed by atoms with van der Waals surface area (Å²) in [6, 6.07) is 10.3. The van der Waals surface area contributed by atoms with Gasteiger partial charge < -0.3 is 10.4 Å². The predicted molar refractivity (Wildman–Crippen MR) is 86.1 cm³/mol. The number of aromatic nitrogens is 2. The molecular weight excluding hydrogens is 338 g/mol. The van der Waals surface area contributed by atoms with Gasteiger partial charge in [0.2, 0.25) is 0 Å². The van der Waals surface area contributed by atoms with Crippen LogP contribution in [0.1, 0.15) is 0 Å². The molecule has 3 aromatic rings. The number of thiophene rings is 1. The fraction of sp³-hybridized carbons (Fsp3) is 0.143. The fourth-order valence-electron chi connectivity index (χ4n) is 1.91. The van der Waals surface area contributed by atoms with Crippen LogP contribution < -0.4 is 5.32 Å². The molecule has 4 nitrogen and oxygen atoms in total. The molecule has 0 aliphatic rings. The van der Waals surface area contributed by atoms with E-state index in [0.29, 0.717) is 6.54 Å². The zero-order chi connectivity index (χ0) is 13.9. The average Bonchev–Trinajstić information content (AvgIpc) is 2.90. The van der Waals surface area contributed by atoms with Gasteiger partial charge in [0.15, 0.2) is 0 Å². The van der Waals surface area contributed by atoms with Crippen molar-refractivity contribution in [2.24, 2.45) is 0 Å². The van der Waals surface area contributed by atoms with Crippen molar-refractivity contribution in [3.05, 3.63) is 41.1 Å². The number of rotatable bonds is 4. The molecule has 2 N–H and O–H groups in total. The molecule has 2 heterocycles. The normalized spacial score (nSPS) is 10.9. The van der Waals surface area contributed by atoms with Crippen LogP contribution >= 0.6 is 27.3 Å². The maximum atomic E-state index is 8.90. The summed E-state index contributed by atoms with van der Waals surface area (Å²) in [6.07, 6.45) is 1.54. The van der Waals surface area contributed by atoms with Crippen molar-refractivity contribution < 1.29 is 5.11 Å². The second kappa shape index (κ2) is 5.87. The number of aliphatic hydroxyl groups is 1. The molecule has 102 valence electrons. The van der Waals surface area contributed by atoms with Gasteiger partial charge in [0.25, 0.3) is 0 Å². The van der Waals surface area contributed by atoms with E-state index in [9.17, 15) is 0 Å². The summed E-state index contributed by atoms with van der Waals surface area (Å²) < 4.78 is 2.08. The summed E-state index contributed by atoms with van der Waals surface area (Å²) in [5.41, 5.74) is 2.08. The quantitative estimate of drug-likeness (QED) is 0.756. The predicted octanol–water partition coefficient (Wildman–Crippen LogP) is 3.53. The van der Waals surface area contributed by atoms with Crippen molar-refractivity contribution in [2.45, 2.75) is 0 Å². The van der Waals surface area contributed by atoms with Crippen LogP contribution in [0.3, 0.4) is 0 Å². The average molecular weight is 350 g/mol. The van der Waals surface area contributed by atoms with E-state index in [1.807, 2.05) is 12.1 Å². The Balaban J connectivity index is 2.03. The van der Waals surface area contributed by atoms with Crippen LogP contribution in [0.4, 0.5) is 5.82 Å². The Morgan fingerprint density at radius 1 is 1.20 bits per heavy atom. The van der Waals surface area contributed by atoms with E-state index in [0.717, 1.165) is 30.9 Å². The molecule has 0 amide bonds. The van der Waals surface area contributed by atoms with Crippen LogP contribution in [0.5, 0.6) is 0 Å². The van der Waals surface area contributed by atoms with Crippen molar-refractivity contribution in [1.82, 2.24) is 9.97 Å². The Morgan fingerprint density at radius 3 is 2.75 bits per heavy atom. The smallest absolute Gasteiger partial charge is 0.147 e. The van der Waals surface area contributed by atoms with Gasteiger partial charge in [0.05, 0.1) is 16.8 Å². The number of aliphatic hydroxyl groups excluding tert-OH is 1. The van der Waals surface area contributed by atoms with E-state index in [2.05, 4.69) is 49.4 Å². The molecule has 0 unspecified atom stereocenters. The first-order valence-corrected chi connectivity index (χ1v) is 7.74. The third kappa shape index (κ3) is 2.67. The van der Waals surface area contributed by atoms with E-state index >= 15 is 0 Å². The van der Waals surface area contributed by atoms with Crippen LogP contribution in [0.15, 0.2) is 41.1 Å². The molecule has 0 atom stereocenters. The first kappa shape index (κ1) is 13.5. The third-order valence-corrected chi connectivity index (χ3v) is 4.55. The maximum absolute atomic E-state index is 8.90. The lowest BCUT2D eigenvalue weighted by atomic mass is 10.2. The van der Waals surface area contributed by atoms with Crippen LogP contribution in [-0.4, -0.2) is 28.2 Å². The molecule has 20 heavy (non-hydrogen) atoms. The molecule has 0 aliphatic heterocycles. The van der Waals surface area contributed by atoms with Crippen molar-refractivity contribution in [2.75, 3.05) is 18.5 Å². The minimum atomic E-state index is 0.0798. The molecule has 0 bridgehead atoms. The van der Waals surface area contributed by atoms with E-state index in [-0.39, 0.29) is 6.61 Å². The Bertz CT molecular complexity index is 727. The molecule has 0 saturated heterocycles. The summed E-state index contributed by atoms with van der Waals surface area (Å²) >= 11 is 5.09. The maximum Gasteiger partial charge on any atom is 0.147 e. The van der Waals surface area contributed by atoms with Crippen molar-refractivity contribution >= 4 is 43.3 Å². The van der Waals surface area contributed by atoms with Crippen LogP contribution in [0.2, 0.25) is 0 Å². The monoisotopic (exact) mass is 349 g/mol. The summed E-state index contributed by atoms with van der Waals surface area (Å²) in [7, 11) is 0. The highest BCUT2D eigenvalue weighted by molar-refractivity contribution is 9.10. The molecular formula is C14H12BrN3OS. The largest absolute Gasteiger partial charge is 0.395 e. The number of fused-ring (bicyclic) bond motifs is 1. The topological polar surface area (TPSA) is 58.0 Å². The zero-order valence-electron chi connectivity index (χ0n) is 10.5. The minimum Gasteiger partial charge on any atom is -0.395 e. The summed E-state index contributed by atoms with van der Waals surface area (Å²) in [5.74, 6) is 0.775. The first-order valence-electron chi connectivity index (χ1n) is 6.13. The summed E-state index contributed by atoms with van der Waals surface area (Å²) in [6.45, 7) is 0.564. The van der Waals surface area contributed by atoms with Crippen LogP contribution in [0, 0.1) is 0 Å². The SMILES string of the molecule is OCCNc1ncnc2cc(-c3ccc(Br)cc3)sc12. The highest BCUT2D eigenvalue weighted by Crippen LogP contribution is 2.35. The highest BCUT2D eigenvalue weighted by atomic mass is 79.9. The van der Waals surface area contributed by atoms with Gasteiger partial charge in [0.1, 0.15) is 12.1 Å². The number of hydrogen-bond donors (Lipinski definition) is 2. The highest BCUT2D eigenvalue weighted by Gasteiger charge is 2.09. The molecule has 3 rings (SSSR count). The molecule has 2 aromatic heterocycles. The van der Waals surface area contributed by atoms with Crippen molar-refractivity contribution in [3.8, 4) is 10.4 Å². The number of halogens is 1. The number of nitrogens with zero attached hydrogens (tertiary/aromatic N) is 2. The molecule has 0 fully saturated rings. The molecule has 0 aliphatic carbocycles. The first-order chi connectivity index (χ1) is 9.78. The van der Waals surface area contributed by atoms with Gasteiger partial charge in [0, 0.05) is 15.9 Å². The molecule has 1 aromatic carbocycles. The van der Waals surface area contributed by atoms with Gasteiger partial charge in [-0.15, -0.1) is 11.3 Å². The molecule has 0 spiro atoms. The van der Waals surface area contributed by atoms with Gasteiger partial charge >= 0.3 is 0 Å². The second-order valence-electron chi connectivity index (χ2n) is 4.20. The Labute approximate surface area is 128 Å². The van der Waals surface area contributed by atoms with Gasteiger partial charge in [-0.3, -0.25) is 0 Å². The second-order valence-corrected chi connectivity index (χ2v) is 6.17. The number of nitrogens with one attached hydrogen (secondary N) is 1. The van der Waals surface area contributed by atoms with Crippen molar-refractivity contribution in [1.29, 1.82) is 0 Å². The summed E-state index contributed by atoms with van der Waals surface area (Å²) in [5, 5.41) is 12.0. The zero-order valence-corrected chi connectivity index (χ0v) is 12.9. The number of hydrogen-bond acceptors (Lipinski definition) is 5. The lowest BCUT2D eigenvalue weighted by Gasteiger charge is -2.02. The lowest BCUT2D eigenvalue weighted by molar-refractivity contribution is 0.311.